The Balaban J connectivity index is 2.74. The first kappa shape index (κ1) is 13.4. The molecule has 5 heteroatoms. The van der Waals surface area contributed by atoms with E-state index in [9.17, 15) is 4.79 Å². The molecule has 0 aliphatic carbocycles. The van der Waals surface area contributed by atoms with Crippen molar-refractivity contribution in [2.24, 2.45) is 5.73 Å². The topological polar surface area (TPSA) is 71.2 Å². The van der Waals surface area contributed by atoms with Gasteiger partial charge in [-0.25, -0.2) is 0 Å². The Bertz CT molecular complexity index is 367. The van der Waals surface area contributed by atoms with Crippen LogP contribution >= 0.6 is 0 Å². The van der Waals surface area contributed by atoms with Crippen LogP contribution in [0.2, 0.25) is 0 Å². The number of carbonyl (C=O) groups excluding carboxylic acids is 1. The van der Waals surface area contributed by atoms with E-state index in [0.717, 1.165) is 18.7 Å². The molecule has 17 heavy (non-hydrogen) atoms. The standard InChI is InChI=1S/C12H20N4O/c1-3-14-12(17)11-9-10(5-7-15-11)16(2)8-4-6-13/h5,7,9H,3-4,6,8,13H2,1-2H3,(H,14,17). The fourth-order valence-electron chi connectivity index (χ4n) is 1.49. The normalized spacial score (nSPS) is 10.1. The highest BCUT2D eigenvalue weighted by molar-refractivity contribution is 5.93. The summed E-state index contributed by atoms with van der Waals surface area (Å²) in [5, 5.41) is 2.73. The van der Waals surface area contributed by atoms with E-state index in [1.807, 2.05) is 20.0 Å². The van der Waals surface area contributed by atoms with Crippen molar-refractivity contribution in [3.63, 3.8) is 0 Å². The summed E-state index contributed by atoms with van der Waals surface area (Å²) >= 11 is 0. The van der Waals surface area contributed by atoms with Gasteiger partial charge in [-0.05, 0) is 32.0 Å². The van der Waals surface area contributed by atoms with E-state index in [-0.39, 0.29) is 5.91 Å². The number of rotatable bonds is 6. The molecule has 0 unspecified atom stereocenters. The molecule has 0 saturated carbocycles. The Morgan fingerprint density at radius 2 is 2.35 bits per heavy atom. The third-order valence-electron chi connectivity index (χ3n) is 2.45. The number of aromatic nitrogens is 1. The quantitative estimate of drug-likeness (QED) is 0.759. The third kappa shape index (κ3) is 4.03. The zero-order chi connectivity index (χ0) is 12.7. The third-order valence-corrected chi connectivity index (χ3v) is 2.45. The van der Waals surface area contributed by atoms with Crippen LogP contribution in [0, 0.1) is 0 Å². The highest BCUT2D eigenvalue weighted by Gasteiger charge is 2.08. The van der Waals surface area contributed by atoms with Crippen molar-refractivity contribution in [1.82, 2.24) is 10.3 Å². The van der Waals surface area contributed by atoms with Crippen molar-refractivity contribution < 1.29 is 4.79 Å². The molecule has 0 radical (unpaired) electrons. The summed E-state index contributed by atoms with van der Waals surface area (Å²) in [6.07, 6.45) is 2.58. The van der Waals surface area contributed by atoms with Gasteiger partial charge in [-0.1, -0.05) is 0 Å². The Labute approximate surface area is 102 Å². The van der Waals surface area contributed by atoms with Gasteiger partial charge in [0.1, 0.15) is 5.69 Å². The number of anilines is 1. The van der Waals surface area contributed by atoms with Crippen molar-refractivity contribution in [2.45, 2.75) is 13.3 Å². The molecule has 0 aromatic carbocycles. The minimum Gasteiger partial charge on any atom is -0.374 e. The maximum Gasteiger partial charge on any atom is 0.269 e. The van der Waals surface area contributed by atoms with Crippen molar-refractivity contribution in [3.8, 4) is 0 Å². The smallest absolute Gasteiger partial charge is 0.269 e. The molecule has 0 aliphatic rings. The van der Waals surface area contributed by atoms with Crippen LogP contribution in [0.15, 0.2) is 18.3 Å². The van der Waals surface area contributed by atoms with Crippen LogP contribution in [0.4, 0.5) is 5.69 Å². The number of pyridine rings is 1. The van der Waals surface area contributed by atoms with Crippen LogP contribution in [-0.2, 0) is 0 Å². The Morgan fingerprint density at radius 1 is 1.59 bits per heavy atom. The van der Waals surface area contributed by atoms with E-state index in [1.54, 1.807) is 12.3 Å². The molecule has 0 atom stereocenters. The summed E-state index contributed by atoms with van der Waals surface area (Å²) < 4.78 is 0. The molecule has 5 nitrogen and oxygen atoms in total. The van der Waals surface area contributed by atoms with E-state index in [4.69, 9.17) is 5.73 Å². The van der Waals surface area contributed by atoms with E-state index in [1.165, 1.54) is 0 Å². The van der Waals surface area contributed by atoms with Crippen LogP contribution in [0.3, 0.4) is 0 Å². The van der Waals surface area contributed by atoms with Gasteiger partial charge in [0, 0.05) is 32.0 Å². The zero-order valence-corrected chi connectivity index (χ0v) is 10.4. The molecule has 0 spiro atoms. The van der Waals surface area contributed by atoms with Gasteiger partial charge in [0.05, 0.1) is 0 Å². The van der Waals surface area contributed by atoms with Crippen LogP contribution in [0.25, 0.3) is 0 Å². The Kier molecular flexibility index (Phi) is 5.42. The first-order chi connectivity index (χ1) is 8.19. The summed E-state index contributed by atoms with van der Waals surface area (Å²) in [6.45, 7) is 4.02. The maximum atomic E-state index is 11.6. The minimum absolute atomic E-state index is 0.137. The molecule has 0 aliphatic heterocycles. The highest BCUT2D eigenvalue weighted by atomic mass is 16.1. The summed E-state index contributed by atoms with van der Waals surface area (Å²) in [7, 11) is 1.98. The van der Waals surface area contributed by atoms with Crippen molar-refractivity contribution in [1.29, 1.82) is 0 Å². The molecule has 1 aromatic heterocycles. The number of carbonyl (C=O) groups is 1. The van der Waals surface area contributed by atoms with Crippen molar-refractivity contribution in [3.05, 3.63) is 24.0 Å². The molecule has 3 N–H and O–H groups in total. The molecule has 94 valence electrons. The van der Waals surface area contributed by atoms with Crippen LogP contribution in [0.5, 0.6) is 0 Å². The fraction of sp³-hybridized carbons (Fsp3) is 0.500. The molecule has 1 rings (SSSR count). The molecule has 1 amide bonds. The van der Waals surface area contributed by atoms with Crippen LogP contribution in [0.1, 0.15) is 23.8 Å². The summed E-state index contributed by atoms with van der Waals surface area (Å²) in [6, 6.07) is 3.68. The first-order valence-corrected chi connectivity index (χ1v) is 5.84. The predicted octanol–water partition coefficient (Wildman–Crippen LogP) is 0.616. The van der Waals surface area contributed by atoms with Crippen molar-refractivity contribution in [2.75, 3.05) is 31.6 Å². The molecule has 0 saturated heterocycles. The molecule has 1 aromatic rings. The predicted molar refractivity (Wildman–Crippen MR) is 69.2 cm³/mol. The second-order valence-corrected chi connectivity index (χ2v) is 3.82. The number of nitrogens with one attached hydrogen (secondary N) is 1. The van der Waals surface area contributed by atoms with Crippen LogP contribution < -0.4 is 16.0 Å². The SMILES string of the molecule is CCNC(=O)c1cc(N(C)CCCN)ccn1. The molecular formula is C12H20N4O. The number of nitrogens with zero attached hydrogens (tertiary/aromatic N) is 2. The Morgan fingerprint density at radius 3 is 3.00 bits per heavy atom. The van der Waals surface area contributed by atoms with E-state index in [2.05, 4.69) is 15.2 Å². The van der Waals surface area contributed by atoms with Gasteiger partial charge in [0.25, 0.3) is 5.91 Å². The van der Waals surface area contributed by atoms with Crippen LogP contribution in [-0.4, -0.2) is 37.6 Å². The summed E-state index contributed by atoms with van der Waals surface area (Å²) in [5.41, 5.74) is 6.90. The van der Waals surface area contributed by atoms with Gasteiger partial charge < -0.3 is 16.0 Å². The fourth-order valence-corrected chi connectivity index (χ4v) is 1.49. The van der Waals surface area contributed by atoms with E-state index in [0.29, 0.717) is 18.8 Å². The number of amides is 1. The lowest BCUT2D eigenvalue weighted by molar-refractivity contribution is 0.0951. The lowest BCUT2D eigenvalue weighted by atomic mass is 10.2. The average Bonchev–Trinajstić information content (AvgIpc) is 2.36. The largest absolute Gasteiger partial charge is 0.374 e. The number of hydrogen-bond donors (Lipinski definition) is 2. The Hall–Kier alpha value is -1.62. The molecule has 1 heterocycles. The monoisotopic (exact) mass is 236 g/mol. The van der Waals surface area contributed by atoms with Gasteiger partial charge in [-0.2, -0.15) is 0 Å². The van der Waals surface area contributed by atoms with Gasteiger partial charge in [-0.3, -0.25) is 9.78 Å². The first-order valence-electron chi connectivity index (χ1n) is 5.84. The van der Waals surface area contributed by atoms with Gasteiger partial charge in [-0.15, -0.1) is 0 Å². The average molecular weight is 236 g/mol. The lowest BCUT2D eigenvalue weighted by Crippen LogP contribution is -2.25. The zero-order valence-electron chi connectivity index (χ0n) is 10.4. The van der Waals surface area contributed by atoms with Gasteiger partial charge in [0.15, 0.2) is 0 Å². The van der Waals surface area contributed by atoms with Crippen molar-refractivity contribution >= 4 is 11.6 Å². The maximum absolute atomic E-state index is 11.6. The second-order valence-electron chi connectivity index (χ2n) is 3.82. The number of hydrogen-bond acceptors (Lipinski definition) is 4. The highest BCUT2D eigenvalue weighted by Crippen LogP contribution is 2.12. The van der Waals surface area contributed by atoms with E-state index >= 15 is 0 Å². The molecule has 0 fully saturated rings. The molecule has 0 bridgehead atoms. The second kappa shape index (κ2) is 6.85. The lowest BCUT2D eigenvalue weighted by Gasteiger charge is -2.19. The minimum atomic E-state index is -0.137. The van der Waals surface area contributed by atoms with E-state index < -0.39 is 0 Å². The summed E-state index contributed by atoms with van der Waals surface area (Å²) in [5.74, 6) is -0.137. The summed E-state index contributed by atoms with van der Waals surface area (Å²) in [4.78, 5) is 17.7. The van der Waals surface area contributed by atoms with Gasteiger partial charge in [0.2, 0.25) is 0 Å². The van der Waals surface area contributed by atoms with Gasteiger partial charge >= 0.3 is 0 Å². The number of nitrogens with two attached hydrogens (primary N) is 1. The molecular weight excluding hydrogens is 216 g/mol.